The molecule has 3 rings (SSSR count). The van der Waals surface area contributed by atoms with Crippen molar-refractivity contribution in [1.82, 2.24) is 4.57 Å². The highest BCUT2D eigenvalue weighted by Gasteiger charge is 2.08. The molecule has 3 aromatic rings. The van der Waals surface area contributed by atoms with Crippen LogP contribution >= 0.6 is 27.3 Å². The average molecular weight is 350 g/mol. The van der Waals surface area contributed by atoms with Crippen molar-refractivity contribution >= 4 is 37.4 Å². The molecule has 0 aliphatic rings. The van der Waals surface area contributed by atoms with Crippen molar-refractivity contribution < 1.29 is 4.74 Å². The van der Waals surface area contributed by atoms with Gasteiger partial charge in [-0.25, -0.2) is 0 Å². The second-order valence-electron chi connectivity index (χ2n) is 4.40. The molecule has 0 bridgehead atoms. The predicted molar refractivity (Wildman–Crippen MR) is 85.9 cm³/mol. The quantitative estimate of drug-likeness (QED) is 0.718. The van der Waals surface area contributed by atoms with Gasteiger partial charge in [-0.15, -0.1) is 11.3 Å². The van der Waals surface area contributed by atoms with Crippen LogP contribution < -0.4 is 10.3 Å². The van der Waals surface area contributed by atoms with Crippen molar-refractivity contribution in [2.24, 2.45) is 0 Å². The lowest BCUT2D eigenvalue weighted by Crippen LogP contribution is -2.19. The van der Waals surface area contributed by atoms with Gasteiger partial charge in [0, 0.05) is 20.9 Å². The molecule has 5 heteroatoms. The lowest BCUT2D eigenvalue weighted by molar-refractivity contribution is 0.408. The first kappa shape index (κ1) is 13.4. The molecule has 0 atom stereocenters. The largest absolute Gasteiger partial charge is 0.496 e. The molecule has 1 aromatic carbocycles. The minimum absolute atomic E-state index is 0.0331. The van der Waals surface area contributed by atoms with Crippen LogP contribution in [0.2, 0.25) is 0 Å². The second-order valence-corrected chi connectivity index (χ2v) is 6.27. The van der Waals surface area contributed by atoms with Crippen molar-refractivity contribution in [3.63, 3.8) is 0 Å². The summed E-state index contributed by atoms with van der Waals surface area (Å²) >= 11 is 5.03. The molecule has 0 N–H and O–H groups in total. The first-order chi connectivity index (χ1) is 9.69. The van der Waals surface area contributed by atoms with Gasteiger partial charge in [0.05, 0.1) is 19.0 Å². The van der Waals surface area contributed by atoms with Crippen LogP contribution in [-0.4, -0.2) is 11.7 Å². The Kier molecular flexibility index (Phi) is 3.63. The van der Waals surface area contributed by atoms with Crippen molar-refractivity contribution in [3.05, 3.63) is 62.3 Å². The van der Waals surface area contributed by atoms with E-state index in [1.165, 1.54) is 0 Å². The third kappa shape index (κ3) is 2.39. The first-order valence-electron chi connectivity index (χ1n) is 6.08. The van der Waals surface area contributed by atoms with E-state index in [4.69, 9.17) is 4.74 Å². The highest BCUT2D eigenvalue weighted by atomic mass is 79.9. The molecule has 0 unspecified atom stereocenters. The van der Waals surface area contributed by atoms with Crippen molar-refractivity contribution in [2.45, 2.75) is 6.54 Å². The van der Waals surface area contributed by atoms with Gasteiger partial charge in [-0.3, -0.25) is 4.79 Å². The standard InChI is InChI=1S/C15H12BrNO2S/c1-19-13-3-2-11(16)8-10(13)9-17-6-4-14-12(15(17)18)5-7-20-14/h2-8H,9H2,1H3. The predicted octanol–water partition coefficient (Wildman–Crippen LogP) is 3.88. The van der Waals surface area contributed by atoms with Crippen LogP contribution in [-0.2, 0) is 6.54 Å². The smallest absolute Gasteiger partial charge is 0.259 e. The van der Waals surface area contributed by atoms with Crippen LogP contribution in [0.3, 0.4) is 0 Å². The molecule has 2 aromatic heterocycles. The second kappa shape index (κ2) is 5.42. The summed E-state index contributed by atoms with van der Waals surface area (Å²) in [7, 11) is 1.64. The fourth-order valence-electron chi connectivity index (χ4n) is 2.19. The van der Waals surface area contributed by atoms with Gasteiger partial charge < -0.3 is 9.30 Å². The molecule has 0 saturated carbocycles. The van der Waals surface area contributed by atoms with E-state index in [0.717, 1.165) is 25.9 Å². The number of rotatable bonds is 3. The number of thiophene rings is 1. The zero-order chi connectivity index (χ0) is 14.1. The SMILES string of the molecule is COc1ccc(Br)cc1Cn1ccc2sccc2c1=O. The lowest BCUT2D eigenvalue weighted by Gasteiger charge is -2.11. The fourth-order valence-corrected chi connectivity index (χ4v) is 3.37. The van der Waals surface area contributed by atoms with Crippen LogP contribution in [0.5, 0.6) is 5.75 Å². The number of pyridine rings is 1. The molecule has 102 valence electrons. The number of methoxy groups -OCH3 is 1. The molecule has 0 fully saturated rings. The van der Waals surface area contributed by atoms with Crippen molar-refractivity contribution in [1.29, 1.82) is 0 Å². The van der Waals surface area contributed by atoms with E-state index in [1.54, 1.807) is 23.0 Å². The van der Waals surface area contributed by atoms with Gasteiger partial charge in [0.25, 0.3) is 5.56 Å². The van der Waals surface area contributed by atoms with E-state index in [2.05, 4.69) is 15.9 Å². The van der Waals surface area contributed by atoms with Gasteiger partial charge in [0.1, 0.15) is 5.75 Å². The number of benzene rings is 1. The minimum Gasteiger partial charge on any atom is -0.496 e. The minimum atomic E-state index is 0.0331. The maximum Gasteiger partial charge on any atom is 0.259 e. The summed E-state index contributed by atoms with van der Waals surface area (Å²) < 4.78 is 9.05. The molecule has 0 amide bonds. The van der Waals surface area contributed by atoms with E-state index in [9.17, 15) is 4.79 Å². The van der Waals surface area contributed by atoms with Crippen molar-refractivity contribution in [3.8, 4) is 5.75 Å². The van der Waals surface area contributed by atoms with Crippen molar-refractivity contribution in [2.75, 3.05) is 7.11 Å². The van der Waals surface area contributed by atoms with E-state index < -0.39 is 0 Å². The molecular weight excluding hydrogens is 338 g/mol. The molecule has 0 aliphatic carbocycles. The summed E-state index contributed by atoms with van der Waals surface area (Å²) in [4.78, 5) is 12.4. The van der Waals surface area contributed by atoms with E-state index >= 15 is 0 Å². The van der Waals surface area contributed by atoms with Gasteiger partial charge in [0.15, 0.2) is 0 Å². The van der Waals surface area contributed by atoms with Gasteiger partial charge in [-0.05, 0) is 35.7 Å². The number of aromatic nitrogens is 1. The van der Waals surface area contributed by atoms with Gasteiger partial charge in [-0.1, -0.05) is 15.9 Å². The Hall–Kier alpha value is -1.59. The summed E-state index contributed by atoms with van der Waals surface area (Å²) in [6.07, 6.45) is 1.83. The molecule has 0 saturated heterocycles. The maximum absolute atomic E-state index is 12.4. The molecule has 0 spiro atoms. The Labute approximate surface area is 128 Å². The van der Waals surface area contributed by atoms with Crippen LogP contribution in [0.1, 0.15) is 5.56 Å². The summed E-state index contributed by atoms with van der Waals surface area (Å²) in [6.45, 7) is 0.493. The number of hydrogen-bond donors (Lipinski definition) is 0. The van der Waals surface area contributed by atoms with Gasteiger partial charge >= 0.3 is 0 Å². The highest BCUT2D eigenvalue weighted by molar-refractivity contribution is 9.10. The van der Waals surface area contributed by atoms with E-state index in [0.29, 0.717) is 6.54 Å². The topological polar surface area (TPSA) is 31.2 Å². The van der Waals surface area contributed by atoms with Crippen LogP contribution in [0, 0.1) is 0 Å². The first-order valence-corrected chi connectivity index (χ1v) is 7.75. The zero-order valence-corrected chi connectivity index (χ0v) is 13.2. The third-order valence-electron chi connectivity index (χ3n) is 3.18. The van der Waals surface area contributed by atoms with E-state index in [1.807, 2.05) is 41.9 Å². The maximum atomic E-state index is 12.4. The number of hydrogen-bond acceptors (Lipinski definition) is 3. The summed E-state index contributed by atoms with van der Waals surface area (Å²) in [5.74, 6) is 0.783. The number of fused-ring (bicyclic) bond motifs is 1. The van der Waals surface area contributed by atoms with Crippen LogP contribution in [0.4, 0.5) is 0 Å². The summed E-state index contributed by atoms with van der Waals surface area (Å²) in [5, 5.41) is 2.71. The highest BCUT2D eigenvalue weighted by Crippen LogP contribution is 2.24. The summed E-state index contributed by atoms with van der Waals surface area (Å²) in [6, 6.07) is 9.65. The molecule has 20 heavy (non-hydrogen) atoms. The Morgan fingerprint density at radius 2 is 2.15 bits per heavy atom. The van der Waals surface area contributed by atoms with Crippen LogP contribution in [0.25, 0.3) is 10.1 Å². The third-order valence-corrected chi connectivity index (χ3v) is 4.55. The number of halogens is 1. The van der Waals surface area contributed by atoms with Crippen LogP contribution in [0.15, 0.2) is 51.2 Å². The van der Waals surface area contributed by atoms with Gasteiger partial charge in [0.2, 0.25) is 0 Å². The average Bonchev–Trinajstić information content (AvgIpc) is 2.91. The Balaban J connectivity index is 2.07. The molecule has 3 nitrogen and oxygen atoms in total. The zero-order valence-electron chi connectivity index (χ0n) is 10.8. The fraction of sp³-hybridized carbons (Fsp3) is 0.133. The Morgan fingerprint density at radius 1 is 1.30 bits per heavy atom. The normalized spacial score (nSPS) is 10.9. The monoisotopic (exact) mass is 349 g/mol. The molecule has 0 radical (unpaired) electrons. The Bertz CT molecular complexity index is 822. The molecular formula is C15H12BrNO2S. The summed E-state index contributed by atoms with van der Waals surface area (Å²) in [5.41, 5.74) is 1.00. The molecule has 0 aliphatic heterocycles. The number of ether oxygens (including phenoxy) is 1. The van der Waals surface area contributed by atoms with Gasteiger partial charge in [-0.2, -0.15) is 0 Å². The lowest BCUT2D eigenvalue weighted by atomic mass is 10.2. The number of nitrogens with zero attached hydrogens (tertiary/aromatic N) is 1. The van der Waals surface area contributed by atoms with E-state index in [-0.39, 0.29) is 5.56 Å². The Morgan fingerprint density at radius 3 is 2.95 bits per heavy atom. The molecule has 2 heterocycles.